The number of nitrogens with one attached hydrogen (secondary N) is 2. The molecule has 2 bridgehead atoms. The van der Waals surface area contributed by atoms with Crippen LogP contribution in [0.1, 0.15) is 35.3 Å². The van der Waals surface area contributed by atoms with Gasteiger partial charge >= 0.3 is 6.18 Å². The van der Waals surface area contributed by atoms with E-state index in [0.717, 1.165) is 19.3 Å². The van der Waals surface area contributed by atoms with Crippen molar-refractivity contribution in [2.45, 2.75) is 43.6 Å². The van der Waals surface area contributed by atoms with Crippen LogP contribution in [0.3, 0.4) is 0 Å². The van der Waals surface area contributed by atoms with Crippen molar-refractivity contribution >= 4 is 5.91 Å². The first-order valence-corrected chi connectivity index (χ1v) is 6.64. The van der Waals surface area contributed by atoms with E-state index < -0.39 is 29.2 Å². The van der Waals surface area contributed by atoms with Crippen LogP contribution in [0.5, 0.6) is 0 Å². The highest BCUT2D eigenvalue weighted by molar-refractivity contribution is 5.92. The van der Waals surface area contributed by atoms with Crippen molar-refractivity contribution < 1.29 is 22.4 Å². The first-order chi connectivity index (χ1) is 9.84. The summed E-state index contributed by atoms with van der Waals surface area (Å²) in [5.41, 5.74) is -1.90. The largest absolute Gasteiger partial charge is 0.419 e. The van der Waals surface area contributed by atoms with Crippen LogP contribution in [0.25, 0.3) is 0 Å². The monoisotopic (exact) mass is 303 g/mol. The van der Waals surface area contributed by atoms with Gasteiger partial charge in [0.05, 0.1) is 11.8 Å². The summed E-state index contributed by atoms with van der Waals surface area (Å²) >= 11 is 0. The van der Waals surface area contributed by atoms with Crippen LogP contribution in [0.4, 0.5) is 17.6 Å². The summed E-state index contributed by atoms with van der Waals surface area (Å²) in [5, 5.41) is 5.98. The third kappa shape index (κ3) is 2.72. The molecule has 0 saturated carbocycles. The summed E-state index contributed by atoms with van der Waals surface area (Å²) in [4.78, 5) is 15.4. The van der Waals surface area contributed by atoms with Gasteiger partial charge in [0.15, 0.2) is 5.82 Å². The highest BCUT2D eigenvalue weighted by Gasteiger charge is 2.40. The van der Waals surface area contributed by atoms with Crippen molar-refractivity contribution in [1.82, 2.24) is 15.6 Å². The molecule has 3 heterocycles. The summed E-state index contributed by atoms with van der Waals surface area (Å²) in [6, 6.07) is 0.844. The predicted molar refractivity (Wildman–Crippen MR) is 65.0 cm³/mol. The van der Waals surface area contributed by atoms with Gasteiger partial charge in [-0.15, -0.1) is 0 Å². The number of pyridine rings is 1. The van der Waals surface area contributed by atoms with E-state index in [0.29, 0.717) is 18.3 Å². The number of carbonyl (C=O) groups is 1. The smallest absolute Gasteiger partial charge is 0.346 e. The third-order valence-electron chi connectivity index (χ3n) is 4.01. The van der Waals surface area contributed by atoms with Crippen molar-refractivity contribution in [3.05, 3.63) is 29.3 Å². The first-order valence-electron chi connectivity index (χ1n) is 6.64. The molecule has 4 nitrogen and oxygen atoms in total. The number of fused-ring (bicyclic) bond motifs is 2. The summed E-state index contributed by atoms with van der Waals surface area (Å²) in [7, 11) is 0. The molecule has 2 aliphatic heterocycles. The molecule has 2 aliphatic rings. The van der Waals surface area contributed by atoms with Gasteiger partial charge < -0.3 is 10.6 Å². The third-order valence-corrected chi connectivity index (χ3v) is 4.01. The molecule has 2 N–H and O–H groups in total. The maximum absolute atomic E-state index is 13.1. The van der Waals surface area contributed by atoms with Gasteiger partial charge in [-0.25, -0.2) is 9.37 Å². The fourth-order valence-electron chi connectivity index (χ4n) is 3.01. The van der Waals surface area contributed by atoms with E-state index in [1.807, 2.05) is 0 Å². The van der Waals surface area contributed by atoms with Crippen LogP contribution in [0, 0.1) is 5.82 Å². The Kier molecular flexibility index (Phi) is 3.35. The lowest BCUT2D eigenvalue weighted by Gasteiger charge is -2.21. The van der Waals surface area contributed by atoms with E-state index in [1.54, 1.807) is 0 Å². The van der Waals surface area contributed by atoms with Crippen LogP contribution in [-0.4, -0.2) is 29.0 Å². The van der Waals surface area contributed by atoms with Crippen molar-refractivity contribution in [3.63, 3.8) is 0 Å². The molecule has 0 spiro atoms. The maximum Gasteiger partial charge on any atom is 0.419 e. The Morgan fingerprint density at radius 2 is 2.14 bits per heavy atom. The zero-order chi connectivity index (χ0) is 15.2. The van der Waals surface area contributed by atoms with E-state index in [2.05, 4.69) is 15.6 Å². The molecular formula is C13H13F4N3O. The Bertz CT molecular complexity index is 575. The van der Waals surface area contributed by atoms with Gasteiger partial charge in [0.2, 0.25) is 0 Å². The number of halogens is 4. The van der Waals surface area contributed by atoms with Gasteiger partial charge in [0, 0.05) is 18.1 Å². The lowest BCUT2D eigenvalue weighted by Crippen LogP contribution is -2.43. The molecule has 0 radical (unpaired) electrons. The molecule has 3 rings (SSSR count). The molecule has 1 amide bonds. The van der Waals surface area contributed by atoms with E-state index >= 15 is 0 Å². The fraction of sp³-hybridized carbons (Fsp3) is 0.538. The number of nitrogens with zero attached hydrogens (tertiary/aromatic N) is 1. The Morgan fingerprint density at radius 3 is 2.71 bits per heavy atom. The van der Waals surface area contributed by atoms with Gasteiger partial charge in [0.1, 0.15) is 5.69 Å². The average Bonchev–Trinajstić information content (AvgIpc) is 3.00. The minimum Gasteiger partial charge on any atom is -0.346 e. The van der Waals surface area contributed by atoms with Crippen LogP contribution in [0.2, 0.25) is 0 Å². The Balaban J connectivity index is 1.76. The standard InChI is InChI=1S/C13H13F4N3O/c14-8-5-18-11(4-7(8)13(15,16)17)12(21)20-10-3-6-1-2-9(10)19-6/h4-6,9-10,19H,1-3H2,(H,20,21). The van der Waals surface area contributed by atoms with E-state index in [9.17, 15) is 22.4 Å². The van der Waals surface area contributed by atoms with E-state index in [-0.39, 0.29) is 12.1 Å². The number of amides is 1. The molecule has 1 aromatic heterocycles. The average molecular weight is 303 g/mol. The normalized spacial score (nSPS) is 27.9. The summed E-state index contributed by atoms with van der Waals surface area (Å²) in [6.45, 7) is 0. The van der Waals surface area contributed by atoms with Crippen LogP contribution in [0.15, 0.2) is 12.3 Å². The molecule has 2 saturated heterocycles. The predicted octanol–water partition coefficient (Wildman–Crippen LogP) is 1.86. The molecular weight excluding hydrogens is 290 g/mol. The summed E-state index contributed by atoms with van der Waals surface area (Å²) in [5.74, 6) is -2.19. The number of hydrogen-bond acceptors (Lipinski definition) is 3. The van der Waals surface area contributed by atoms with Crippen molar-refractivity contribution in [2.75, 3.05) is 0 Å². The lowest BCUT2D eigenvalue weighted by molar-refractivity contribution is -0.140. The zero-order valence-corrected chi connectivity index (χ0v) is 10.9. The van der Waals surface area contributed by atoms with Crippen LogP contribution in [-0.2, 0) is 6.18 Å². The zero-order valence-electron chi connectivity index (χ0n) is 10.9. The van der Waals surface area contributed by atoms with E-state index in [4.69, 9.17) is 0 Å². The first kappa shape index (κ1) is 14.2. The number of hydrogen-bond donors (Lipinski definition) is 2. The number of alkyl halides is 3. The highest BCUT2D eigenvalue weighted by Crippen LogP contribution is 2.32. The second-order valence-electron chi connectivity index (χ2n) is 5.41. The van der Waals surface area contributed by atoms with E-state index in [1.165, 1.54) is 0 Å². The van der Waals surface area contributed by atoms with Gasteiger partial charge in [0.25, 0.3) is 5.91 Å². The Labute approximate surface area is 117 Å². The highest BCUT2D eigenvalue weighted by atomic mass is 19.4. The second-order valence-corrected chi connectivity index (χ2v) is 5.41. The molecule has 3 unspecified atom stereocenters. The Hall–Kier alpha value is -1.70. The quantitative estimate of drug-likeness (QED) is 0.820. The molecule has 0 aromatic carbocycles. The molecule has 3 atom stereocenters. The molecule has 1 aromatic rings. The fourth-order valence-corrected chi connectivity index (χ4v) is 3.01. The molecule has 2 fully saturated rings. The molecule has 114 valence electrons. The van der Waals surface area contributed by atoms with Gasteiger partial charge in [-0.3, -0.25) is 4.79 Å². The molecule has 0 aliphatic carbocycles. The Morgan fingerprint density at radius 1 is 1.38 bits per heavy atom. The van der Waals surface area contributed by atoms with Crippen molar-refractivity contribution in [1.29, 1.82) is 0 Å². The summed E-state index contributed by atoms with van der Waals surface area (Å²) in [6.07, 6.45) is -1.69. The van der Waals surface area contributed by atoms with Crippen molar-refractivity contribution in [3.8, 4) is 0 Å². The second kappa shape index (κ2) is 4.94. The minimum atomic E-state index is -4.85. The lowest BCUT2D eigenvalue weighted by atomic mass is 9.95. The SMILES string of the molecule is O=C(NC1CC2CCC1N2)c1cc(C(F)(F)F)c(F)cn1. The van der Waals surface area contributed by atoms with Gasteiger partial charge in [-0.2, -0.15) is 13.2 Å². The molecule has 21 heavy (non-hydrogen) atoms. The van der Waals surface area contributed by atoms with Crippen LogP contribution >= 0.6 is 0 Å². The number of aromatic nitrogens is 1. The maximum atomic E-state index is 13.1. The molecule has 8 heteroatoms. The summed E-state index contributed by atoms with van der Waals surface area (Å²) < 4.78 is 51.0. The topological polar surface area (TPSA) is 54.0 Å². The number of carbonyl (C=O) groups excluding carboxylic acids is 1. The van der Waals surface area contributed by atoms with Gasteiger partial charge in [-0.1, -0.05) is 0 Å². The number of rotatable bonds is 2. The minimum absolute atomic E-state index is 0.113. The van der Waals surface area contributed by atoms with Gasteiger partial charge in [-0.05, 0) is 25.3 Å². The van der Waals surface area contributed by atoms with Crippen LogP contribution < -0.4 is 10.6 Å². The van der Waals surface area contributed by atoms with Crippen molar-refractivity contribution in [2.24, 2.45) is 0 Å².